The zero-order valence-corrected chi connectivity index (χ0v) is 6.59. The van der Waals surface area contributed by atoms with Crippen LogP contribution in [0.5, 0.6) is 0 Å². The van der Waals surface area contributed by atoms with Crippen molar-refractivity contribution in [1.82, 2.24) is 0 Å². The summed E-state index contributed by atoms with van der Waals surface area (Å²) in [6.45, 7) is 3.89. The van der Waals surface area contributed by atoms with E-state index in [2.05, 4.69) is 18.2 Å². The molecule has 0 saturated heterocycles. The van der Waals surface area contributed by atoms with Crippen molar-refractivity contribution in [2.45, 2.75) is 19.9 Å². The van der Waals surface area contributed by atoms with Crippen LogP contribution in [0.1, 0.15) is 24.1 Å². The molecule has 0 N–H and O–H groups in total. The van der Waals surface area contributed by atoms with Gasteiger partial charge in [-0.1, -0.05) is 11.2 Å². The van der Waals surface area contributed by atoms with Crippen molar-refractivity contribution in [3.63, 3.8) is 0 Å². The van der Waals surface area contributed by atoms with Gasteiger partial charge in [-0.3, -0.25) is 0 Å². The highest BCUT2D eigenvalue weighted by Crippen LogP contribution is 2.28. The highest BCUT2D eigenvalue weighted by atomic mass is 16.3. The Labute approximate surface area is 64.5 Å². The van der Waals surface area contributed by atoms with E-state index in [9.17, 15) is 4.91 Å². The van der Waals surface area contributed by atoms with Crippen molar-refractivity contribution in [2.75, 3.05) is 0 Å². The Hall–Kier alpha value is -1.18. The first-order valence-electron chi connectivity index (χ1n) is 3.71. The third kappa shape index (κ3) is 0.666. The van der Waals surface area contributed by atoms with Gasteiger partial charge in [-0.05, 0) is 41.5 Å². The van der Waals surface area contributed by atoms with Crippen molar-refractivity contribution in [3.8, 4) is 0 Å². The molecule has 0 aromatic heterocycles. The van der Waals surface area contributed by atoms with E-state index in [1.54, 1.807) is 0 Å². The summed E-state index contributed by atoms with van der Waals surface area (Å²) in [4.78, 5) is 10.2. The fourth-order valence-corrected chi connectivity index (χ4v) is 1.58. The summed E-state index contributed by atoms with van der Waals surface area (Å²) in [5, 5.41) is 5.54. The number of aryl methyl sites for hydroxylation is 1. The Morgan fingerprint density at radius 3 is 2.64 bits per heavy atom. The first-order valence-corrected chi connectivity index (χ1v) is 3.71. The predicted octanol–water partition coefficient (Wildman–Crippen LogP) is 2.42. The van der Waals surface area contributed by atoms with Crippen LogP contribution in [0.2, 0.25) is 0 Å². The van der Waals surface area contributed by atoms with Crippen molar-refractivity contribution in [3.05, 3.63) is 38.6 Å². The minimum absolute atomic E-state index is 0.169. The molecule has 1 atom stereocenters. The fraction of sp³-hybridized carbons (Fsp3) is 0.333. The molecule has 0 heterocycles. The van der Waals surface area contributed by atoms with Crippen molar-refractivity contribution in [1.29, 1.82) is 0 Å². The van der Waals surface area contributed by atoms with Gasteiger partial charge in [-0.2, -0.15) is 4.91 Å². The van der Waals surface area contributed by atoms with Gasteiger partial charge in [0.1, 0.15) is 6.04 Å². The van der Waals surface area contributed by atoms with Crippen LogP contribution in [0.15, 0.2) is 17.3 Å². The van der Waals surface area contributed by atoms with E-state index in [1.807, 2.05) is 13.0 Å². The quantitative estimate of drug-likeness (QED) is 0.600. The summed E-state index contributed by atoms with van der Waals surface area (Å²) in [6, 6.07) is 3.99. The molecule has 2 rings (SSSR count). The third-order valence-corrected chi connectivity index (χ3v) is 2.26. The van der Waals surface area contributed by atoms with Crippen molar-refractivity contribution >= 4 is 0 Å². The van der Waals surface area contributed by atoms with Crippen LogP contribution in [0.3, 0.4) is 0 Å². The molecule has 0 radical (unpaired) electrons. The molecule has 2 heteroatoms. The van der Waals surface area contributed by atoms with Gasteiger partial charge in [0, 0.05) is 0 Å². The van der Waals surface area contributed by atoms with Gasteiger partial charge in [0.2, 0.25) is 0 Å². The second kappa shape index (κ2) is 1.91. The van der Waals surface area contributed by atoms with Crippen LogP contribution in [0.4, 0.5) is 0 Å². The second-order valence-corrected chi connectivity index (χ2v) is 3.04. The molecule has 1 unspecified atom stereocenters. The maximum absolute atomic E-state index is 10.2. The molecule has 56 valence electrons. The van der Waals surface area contributed by atoms with Crippen LogP contribution in [0.25, 0.3) is 0 Å². The molecule has 0 aromatic carbocycles. The molecule has 0 aromatic rings. The minimum Gasteiger partial charge on any atom is -0.150 e. The normalized spacial score (nSPS) is 14.4. The Bertz CT molecular complexity index is 408. The number of rotatable bonds is 2. The maximum Gasteiger partial charge on any atom is 0.115 e. The van der Waals surface area contributed by atoms with E-state index in [4.69, 9.17) is 0 Å². The SMILES string of the molecule is Cc1cc2cc(C(C)N=O)c1=2. The van der Waals surface area contributed by atoms with Crippen LogP contribution in [0, 0.1) is 22.3 Å². The van der Waals surface area contributed by atoms with E-state index in [-0.39, 0.29) is 6.04 Å². The van der Waals surface area contributed by atoms with Gasteiger partial charge in [0.05, 0.1) is 0 Å². The zero-order valence-electron chi connectivity index (χ0n) is 6.59. The van der Waals surface area contributed by atoms with Crippen LogP contribution < -0.4 is 0 Å². The monoisotopic (exact) mass is 147 g/mol. The summed E-state index contributed by atoms with van der Waals surface area (Å²) >= 11 is 0. The average Bonchev–Trinajstić information content (AvgIpc) is 1.96. The average molecular weight is 147 g/mol. The molecule has 0 bridgehead atoms. The molecule has 0 amide bonds. The molecule has 11 heavy (non-hydrogen) atoms. The third-order valence-electron chi connectivity index (χ3n) is 2.26. The van der Waals surface area contributed by atoms with Crippen LogP contribution in [-0.4, -0.2) is 0 Å². The number of nitroso groups, excluding NO2 is 1. The van der Waals surface area contributed by atoms with Gasteiger partial charge in [-0.15, -0.1) is 0 Å². The van der Waals surface area contributed by atoms with Crippen LogP contribution >= 0.6 is 0 Å². The van der Waals surface area contributed by atoms with E-state index >= 15 is 0 Å². The number of nitrogens with zero attached hydrogens (tertiary/aromatic N) is 1. The van der Waals surface area contributed by atoms with E-state index in [0.717, 1.165) is 5.56 Å². The highest BCUT2D eigenvalue weighted by Gasteiger charge is 2.15. The molecular weight excluding hydrogens is 138 g/mol. The van der Waals surface area contributed by atoms with Gasteiger partial charge < -0.3 is 0 Å². The zero-order chi connectivity index (χ0) is 8.01. The lowest BCUT2D eigenvalue weighted by Gasteiger charge is -2.15. The van der Waals surface area contributed by atoms with E-state index in [0.29, 0.717) is 0 Å². The standard InChI is InChI=1S/C9H9NO/c1-5-3-7-4-8(9(5)7)6(2)10-11/h3-4,6H,1-2H3. The van der Waals surface area contributed by atoms with Gasteiger partial charge in [0.25, 0.3) is 0 Å². The predicted molar refractivity (Wildman–Crippen MR) is 43.1 cm³/mol. The molecule has 2 aliphatic carbocycles. The lowest BCUT2D eigenvalue weighted by Crippen LogP contribution is -2.02. The van der Waals surface area contributed by atoms with Gasteiger partial charge in [0.15, 0.2) is 0 Å². The van der Waals surface area contributed by atoms with Crippen molar-refractivity contribution in [2.24, 2.45) is 5.18 Å². The van der Waals surface area contributed by atoms with Crippen LogP contribution in [-0.2, 0) is 0 Å². The Morgan fingerprint density at radius 2 is 2.18 bits per heavy atom. The second-order valence-electron chi connectivity index (χ2n) is 3.04. The van der Waals surface area contributed by atoms with Gasteiger partial charge in [-0.25, -0.2) is 0 Å². The minimum atomic E-state index is -0.169. The first kappa shape index (κ1) is 6.53. The molecule has 0 spiro atoms. The summed E-state index contributed by atoms with van der Waals surface area (Å²) in [5.41, 5.74) is 2.39. The summed E-state index contributed by atoms with van der Waals surface area (Å²) < 4.78 is 0. The van der Waals surface area contributed by atoms with Crippen molar-refractivity contribution < 1.29 is 0 Å². The number of hydrogen-bond donors (Lipinski definition) is 0. The Morgan fingerprint density at radius 1 is 1.45 bits per heavy atom. The smallest absolute Gasteiger partial charge is 0.115 e. The topological polar surface area (TPSA) is 29.4 Å². The van der Waals surface area contributed by atoms with E-state index < -0.39 is 0 Å². The molecule has 0 aliphatic heterocycles. The number of benzene rings is 1. The molecule has 0 saturated carbocycles. The highest BCUT2D eigenvalue weighted by molar-refractivity contribution is 5.41. The lowest BCUT2D eigenvalue weighted by atomic mass is 9.90. The molecule has 2 aliphatic rings. The molecular formula is C9H9NO. The summed E-state index contributed by atoms with van der Waals surface area (Å²) in [7, 11) is 0. The maximum atomic E-state index is 10.2. The molecule has 0 fully saturated rings. The molecule has 2 nitrogen and oxygen atoms in total. The Kier molecular flexibility index (Phi) is 1.13. The Balaban J connectivity index is 2.47. The van der Waals surface area contributed by atoms with E-state index in [1.165, 1.54) is 16.0 Å². The largest absolute Gasteiger partial charge is 0.150 e. The summed E-state index contributed by atoms with van der Waals surface area (Å²) in [5.74, 6) is 0. The first-order chi connectivity index (χ1) is 5.24. The summed E-state index contributed by atoms with van der Waals surface area (Å²) in [6.07, 6.45) is 0. The van der Waals surface area contributed by atoms with Gasteiger partial charge >= 0.3 is 0 Å². The lowest BCUT2D eigenvalue weighted by molar-refractivity contribution is 0.790. The fourth-order valence-electron chi connectivity index (χ4n) is 1.58. The number of hydrogen-bond acceptors (Lipinski definition) is 2.